The fraction of sp³-hybridized carbons (Fsp3) is 1.00. The predicted molar refractivity (Wildman–Crippen MR) is 40.0 cm³/mol. The number of β-amino-alcohol motifs (C(OH)–C–C–N with tert-alkyl or cyclic N) is 1. The van der Waals surface area contributed by atoms with Crippen molar-refractivity contribution in [3.8, 4) is 0 Å². The van der Waals surface area contributed by atoms with Crippen molar-refractivity contribution in [1.82, 2.24) is 10.2 Å². The number of piperazine rings is 1. The average molecular weight is 143 g/mol. The van der Waals surface area contributed by atoms with Crippen molar-refractivity contribution in [2.75, 3.05) is 32.8 Å². The van der Waals surface area contributed by atoms with Gasteiger partial charge in [0.05, 0.1) is 6.61 Å². The molecule has 0 aromatic carbocycles. The monoisotopic (exact) mass is 143 g/mol. The largest absolute Gasteiger partial charge is 0.395 e. The minimum Gasteiger partial charge on any atom is -0.395 e. The molecule has 0 unspecified atom stereocenters. The lowest BCUT2D eigenvalue weighted by atomic mass is 10.2. The van der Waals surface area contributed by atoms with Gasteiger partial charge in [-0.3, -0.25) is 4.90 Å². The maximum absolute atomic E-state index is 8.66. The molecule has 0 aromatic rings. The quantitative estimate of drug-likeness (QED) is 0.554. The molecule has 3 heteroatoms. The highest BCUT2D eigenvalue weighted by Crippen LogP contribution is 2.01. The molecule has 1 heterocycles. The SMILES string of the molecule is C[C@H]1C[N]CCN1CCO. The third kappa shape index (κ3) is 1.94. The van der Waals surface area contributed by atoms with E-state index in [0.717, 1.165) is 26.2 Å². The first-order valence-corrected chi connectivity index (χ1v) is 3.82. The molecule has 1 radical (unpaired) electrons. The summed E-state index contributed by atoms with van der Waals surface area (Å²) in [6.45, 7) is 6.10. The lowest BCUT2D eigenvalue weighted by Crippen LogP contribution is -2.47. The molecule has 1 saturated heterocycles. The first-order valence-electron chi connectivity index (χ1n) is 3.82. The van der Waals surface area contributed by atoms with E-state index in [1.54, 1.807) is 0 Å². The second-order valence-electron chi connectivity index (χ2n) is 2.74. The molecule has 3 nitrogen and oxygen atoms in total. The highest BCUT2D eigenvalue weighted by molar-refractivity contribution is 4.74. The molecule has 0 spiro atoms. The number of hydrogen-bond donors (Lipinski definition) is 1. The van der Waals surface area contributed by atoms with Crippen LogP contribution in [0.4, 0.5) is 0 Å². The van der Waals surface area contributed by atoms with Crippen LogP contribution in [0.25, 0.3) is 0 Å². The minimum absolute atomic E-state index is 0.268. The van der Waals surface area contributed by atoms with Crippen LogP contribution >= 0.6 is 0 Å². The fourth-order valence-electron chi connectivity index (χ4n) is 1.27. The number of nitrogens with zero attached hydrogens (tertiary/aromatic N) is 2. The smallest absolute Gasteiger partial charge is 0.0558 e. The van der Waals surface area contributed by atoms with E-state index < -0.39 is 0 Å². The number of rotatable bonds is 2. The molecular weight excluding hydrogens is 128 g/mol. The maximum atomic E-state index is 8.66. The highest BCUT2D eigenvalue weighted by atomic mass is 16.3. The third-order valence-electron chi connectivity index (χ3n) is 1.95. The van der Waals surface area contributed by atoms with E-state index in [0.29, 0.717) is 6.04 Å². The molecule has 1 fully saturated rings. The molecule has 0 aliphatic carbocycles. The van der Waals surface area contributed by atoms with Crippen LogP contribution in [0.3, 0.4) is 0 Å². The Balaban J connectivity index is 2.25. The van der Waals surface area contributed by atoms with Crippen LogP contribution in [0.2, 0.25) is 0 Å². The second kappa shape index (κ2) is 3.91. The van der Waals surface area contributed by atoms with Gasteiger partial charge in [-0.25, -0.2) is 5.32 Å². The molecule has 1 rings (SSSR count). The van der Waals surface area contributed by atoms with Gasteiger partial charge < -0.3 is 5.11 Å². The first kappa shape index (κ1) is 7.98. The first-order chi connectivity index (χ1) is 4.84. The Kier molecular flexibility index (Phi) is 3.12. The molecule has 0 bridgehead atoms. The highest BCUT2D eigenvalue weighted by Gasteiger charge is 2.16. The van der Waals surface area contributed by atoms with E-state index in [2.05, 4.69) is 17.1 Å². The van der Waals surface area contributed by atoms with Gasteiger partial charge in [-0.1, -0.05) is 0 Å². The summed E-state index contributed by atoms with van der Waals surface area (Å²) >= 11 is 0. The minimum atomic E-state index is 0.268. The van der Waals surface area contributed by atoms with Gasteiger partial charge >= 0.3 is 0 Å². The Morgan fingerprint density at radius 3 is 3.10 bits per heavy atom. The number of aliphatic hydroxyl groups is 1. The number of aliphatic hydroxyl groups excluding tert-OH is 1. The zero-order chi connectivity index (χ0) is 7.40. The number of hydrogen-bond acceptors (Lipinski definition) is 2. The van der Waals surface area contributed by atoms with Gasteiger partial charge in [-0.05, 0) is 6.92 Å². The zero-order valence-electron chi connectivity index (χ0n) is 6.45. The lowest BCUT2D eigenvalue weighted by molar-refractivity contribution is 0.134. The van der Waals surface area contributed by atoms with E-state index in [4.69, 9.17) is 5.11 Å². The van der Waals surface area contributed by atoms with Crippen molar-refractivity contribution in [3.63, 3.8) is 0 Å². The maximum Gasteiger partial charge on any atom is 0.0558 e. The van der Waals surface area contributed by atoms with Gasteiger partial charge in [0, 0.05) is 32.2 Å². The molecule has 0 amide bonds. The van der Waals surface area contributed by atoms with Crippen LogP contribution in [0.15, 0.2) is 0 Å². The molecule has 1 aliphatic rings. The van der Waals surface area contributed by atoms with Gasteiger partial charge in [0.25, 0.3) is 0 Å². The van der Waals surface area contributed by atoms with Crippen LogP contribution in [0.5, 0.6) is 0 Å². The zero-order valence-corrected chi connectivity index (χ0v) is 6.45. The standard InChI is InChI=1S/C7H15N2O/c1-7-6-8-2-3-9(7)4-5-10/h7,10H,2-6H2,1H3/t7-/m0/s1. The molecule has 0 saturated carbocycles. The molecule has 1 aliphatic heterocycles. The van der Waals surface area contributed by atoms with E-state index in [-0.39, 0.29) is 6.61 Å². The predicted octanol–water partition coefficient (Wildman–Crippen LogP) is -0.713. The molecule has 59 valence electrons. The molecule has 1 atom stereocenters. The van der Waals surface area contributed by atoms with E-state index in [9.17, 15) is 0 Å². The van der Waals surface area contributed by atoms with Crippen LogP contribution in [0.1, 0.15) is 6.92 Å². The summed E-state index contributed by atoms with van der Waals surface area (Å²) in [5, 5.41) is 12.9. The third-order valence-corrected chi connectivity index (χ3v) is 1.95. The summed E-state index contributed by atoms with van der Waals surface area (Å²) in [6.07, 6.45) is 0. The fourth-order valence-corrected chi connectivity index (χ4v) is 1.27. The summed E-state index contributed by atoms with van der Waals surface area (Å²) in [5.74, 6) is 0. The van der Waals surface area contributed by atoms with Gasteiger partial charge in [0.1, 0.15) is 0 Å². The van der Waals surface area contributed by atoms with Gasteiger partial charge in [-0.15, -0.1) is 0 Å². The Labute approximate surface area is 62.0 Å². The van der Waals surface area contributed by atoms with Crippen molar-refractivity contribution in [1.29, 1.82) is 0 Å². The summed E-state index contributed by atoms with van der Waals surface area (Å²) in [7, 11) is 0. The summed E-state index contributed by atoms with van der Waals surface area (Å²) < 4.78 is 0. The second-order valence-corrected chi connectivity index (χ2v) is 2.74. The van der Waals surface area contributed by atoms with Crippen LogP contribution in [0, 0.1) is 0 Å². The van der Waals surface area contributed by atoms with Crippen molar-refractivity contribution in [3.05, 3.63) is 0 Å². The van der Waals surface area contributed by atoms with Crippen molar-refractivity contribution < 1.29 is 5.11 Å². The average Bonchev–Trinajstić information content (AvgIpc) is 1.94. The normalized spacial score (nSPS) is 28.8. The summed E-state index contributed by atoms with van der Waals surface area (Å²) in [6, 6.07) is 0.529. The molecular formula is C7H15N2O. The summed E-state index contributed by atoms with van der Waals surface area (Å²) in [4.78, 5) is 2.27. The van der Waals surface area contributed by atoms with Gasteiger partial charge in [0.15, 0.2) is 0 Å². The van der Waals surface area contributed by atoms with E-state index in [1.807, 2.05) is 0 Å². The Hall–Kier alpha value is -0.120. The molecule has 10 heavy (non-hydrogen) atoms. The van der Waals surface area contributed by atoms with Gasteiger partial charge in [0.2, 0.25) is 0 Å². The van der Waals surface area contributed by atoms with Crippen molar-refractivity contribution in [2.24, 2.45) is 0 Å². The topological polar surface area (TPSA) is 37.6 Å². The van der Waals surface area contributed by atoms with Gasteiger partial charge in [-0.2, -0.15) is 0 Å². The van der Waals surface area contributed by atoms with Crippen LogP contribution in [-0.4, -0.2) is 48.8 Å². The van der Waals surface area contributed by atoms with E-state index in [1.165, 1.54) is 0 Å². The van der Waals surface area contributed by atoms with E-state index >= 15 is 0 Å². The Morgan fingerprint density at radius 2 is 2.50 bits per heavy atom. The molecule has 1 N–H and O–H groups in total. The van der Waals surface area contributed by atoms with Crippen LogP contribution in [-0.2, 0) is 0 Å². The van der Waals surface area contributed by atoms with Crippen LogP contribution < -0.4 is 5.32 Å². The lowest BCUT2D eigenvalue weighted by Gasteiger charge is -2.32. The molecule has 0 aromatic heterocycles. The Bertz CT molecular complexity index is 95.6. The summed E-state index contributed by atoms with van der Waals surface area (Å²) in [5.41, 5.74) is 0. The van der Waals surface area contributed by atoms with Crippen molar-refractivity contribution in [2.45, 2.75) is 13.0 Å². The Morgan fingerprint density at radius 1 is 1.70 bits per heavy atom. The van der Waals surface area contributed by atoms with Crippen molar-refractivity contribution >= 4 is 0 Å².